The van der Waals surface area contributed by atoms with Crippen molar-refractivity contribution in [2.45, 2.75) is 46.1 Å². The first-order valence-electron chi connectivity index (χ1n) is 9.32. The lowest BCUT2D eigenvalue weighted by Gasteiger charge is -2.26. The van der Waals surface area contributed by atoms with E-state index < -0.39 is 6.10 Å². The van der Waals surface area contributed by atoms with Crippen LogP contribution >= 0.6 is 0 Å². The highest BCUT2D eigenvalue weighted by Crippen LogP contribution is 2.28. The maximum absolute atomic E-state index is 12.3. The van der Waals surface area contributed by atoms with Crippen LogP contribution in [0, 0.1) is 6.92 Å². The number of nitrogens with one attached hydrogen (secondary N) is 1. The van der Waals surface area contributed by atoms with Crippen LogP contribution in [0.5, 0.6) is 5.75 Å². The number of carbonyl (C=O) groups is 1. The van der Waals surface area contributed by atoms with Crippen molar-refractivity contribution in [2.75, 3.05) is 39.4 Å². The lowest BCUT2D eigenvalue weighted by molar-refractivity contribution is -0.127. The van der Waals surface area contributed by atoms with Crippen molar-refractivity contribution >= 4 is 5.91 Å². The number of hydrogen-bond acceptors (Lipinski definition) is 4. The van der Waals surface area contributed by atoms with Crippen LogP contribution in [0.25, 0.3) is 0 Å². The number of nitrogens with zero attached hydrogens (tertiary/aromatic N) is 1. The predicted octanol–water partition coefficient (Wildman–Crippen LogP) is 2.72. The zero-order valence-electron chi connectivity index (χ0n) is 16.0. The lowest BCUT2D eigenvalue weighted by atomic mass is 10.0. The van der Waals surface area contributed by atoms with Gasteiger partial charge in [0.1, 0.15) is 5.75 Å². The number of ether oxygens (including phenoxy) is 2. The smallest absolute Gasteiger partial charge is 0.260 e. The van der Waals surface area contributed by atoms with Crippen molar-refractivity contribution in [2.24, 2.45) is 0 Å². The van der Waals surface area contributed by atoms with Crippen molar-refractivity contribution < 1.29 is 14.3 Å². The van der Waals surface area contributed by atoms with Crippen molar-refractivity contribution in [1.82, 2.24) is 10.2 Å². The molecular weight excluding hydrogens is 316 g/mol. The first kappa shape index (κ1) is 19.7. The molecule has 1 atom stereocenters. The molecule has 1 aromatic carbocycles. The van der Waals surface area contributed by atoms with Crippen LogP contribution in [-0.4, -0.2) is 56.3 Å². The van der Waals surface area contributed by atoms with Crippen LogP contribution in [0.15, 0.2) is 18.2 Å². The first-order valence-corrected chi connectivity index (χ1v) is 9.32. The number of carbonyl (C=O) groups excluding carboxylic acids is 1. The summed E-state index contributed by atoms with van der Waals surface area (Å²) in [4.78, 5) is 14.7. The Hall–Kier alpha value is -1.59. The molecule has 0 aromatic heterocycles. The van der Waals surface area contributed by atoms with Gasteiger partial charge in [0.05, 0.1) is 13.2 Å². The third-order valence-corrected chi connectivity index (χ3v) is 4.52. The van der Waals surface area contributed by atoms with Crippen LogP contribution in [0.2, 0.25) is 0 Å². The highest BCUT2D eigenvalue weighted by Gasteiger charge is 2.17. The topological polar surface area (TPSA) is 50.8 Å². The SMILES string of the molecule is Cc1ccc(C(C)C)c(O[C@H](C)C(=O)NCCCN2CCOCC2)c1. The van der Waals surface area contributed by atoms with Gasteiger partial charge in [-0.15, -0.1) is 0 Å². The minimum atomic E-state index is -0.498. The summed E-state index contributed by atoms with van der Waals surface area (Å²) in [6.07, 6.45) is 0.447. The average molecular weight is 348 g/mol. The molecule has 0 radical (unpaired) electrons. The Morgan fingerprint density at radius 2 is 2.00 bits per heavy atom. The predicted molar refractivity (Wildman–Crippen MR) is 100 cm³/mol. The molecule has 1 aliphatic rings. The quantitative estimate of drug-likeness (QED) is 0.734. The Kier molecular flexibility index (Phi) is 7.72. The zero-order chi connectivity index (χ0) is 18.2. The minimum absolute atomic E-state index is 0.0572. The Labute approximate surface area is 151 Å². The van der Waals surface area contributed by atoms with Crippen LogP contribution in [-0.2, 0) is 9.53 Å². The van der Waals surface area contributed by atoms with E-state index in [0.717, 1.165) is 56.1 Å². The third kappa shape index (κ3) is 6.33. The molecular formula is C20H32N2O3. The molecule has 1 N–H and O–H groups in total. The standard InChI is InChI=1S/C20H32N2O3/c1-15(2)18-7-6-16(3)14-19(18)25-17(4)20(23)21-8-5-9-22-10-12-24-13-11-22/h6-7,14-15,17H,5,8-13H2,1-4H3,(H,21,23)/t17-/m1/s1. The molecule has 25 heavy (non-hydrogen) atoms. The molecule has 2 rings (SSSR count). The van der Waals surface area contributed by atoms with Gasteiger partial charge in [-0.3, -0.25) is 9.69 Å². The van der Waals surface area contributed by atoms with Crippen molar-refractivity contribution in [1.29, 1.82) is 0 Å². The largest absolute Gasteiger partial charge is 0.481 e. The second-order valence-electron chi connectivity index (χ2n) is 7.05. The third-order valence-electron chi connectivity index (χ3n) is 4.52. The molecule has 1 heterocycles. The van der Waals surface area contributed by atoms with Crippen LogP contribution in [0.1, 0.15) is 44.2 Å². The summed E-state index contributed by atoms with van der Waals surface area (Å²) in [5, 5.41) is 2.98. The molecule has 0 saturated carbocycles. The van der Waals surface area contributed by atoms with Gasteiger partial charge in [-0.25, -0.2) is 0 Å². The highest BCUT2D eigenvalue weighted by atomic mass is 16.5. The molecule has 1 saturated heterocycles. The van der Waals surface area contributed by atoms with E-state index in [4.69, 9.17) is 9.47 Å². The van der Waals surface area contributed by atoms with E-state index >= 15 is 0 Å². The average Bonchev–Trinajstić information content (AvgIpc) is 2.59. The van der Waals surface area contributed by atoms with E-state index in [-0.39, 0.29) is 5.91 Å². The summed E-state index contributed by atoms with van der Waals surface area (Å²) in [6.45, 7) is 13.4. The van der Waals surface area contributed by atoms with Crippen molar-refractivity contribution in [3.8, 4) is 5.75 Å². The monoisotopic (exact) mass is 348 g/mol. The summed E-state index contributed by atoms with van der Waals surface area (Å²) in [5.74, 6) is 1.11. The first-order chi connectivity index (χ1) is 12.0. The fourth-order valence-corrected chi connectivity index (χ4v) is 2.95. The zero-order valence-corrected chi connectivity index (χ0v) is 16.0. The van der Waals surface area contributed by atoms with Crippen molar-refractivity contribution in [3.63, 3.8) is 0 Å². The number of benzene rings is 1. The summed E-state index contributed by atoms with van der Waals surface area (Å²) in [7, 11) is 0. The van der Waals surface area contributed by atoms with E-state index in [2.05, 4.69) is 36.2 Å². The van der Waals surface area contributed by atoms with Gasteiger partial charge < -0.3 is 14.8 Å². The van der Waals surface area contributed by atoms with E-state index in [9.17, 15) is 4.79 Å². The van der Waals surface area contributed by atoms with E-state index in [1.54, 1.807) is 0 Å². The number of rotatable bonds is 8. The fraction of sp³-hybridized carbons (Fsp3) is 0.650. The maximum atomic E-state index is 12.3. The van der Waals surface area contributed by atoms with Crippen LogP contribution < -0.4 is 10.1 Å². The van der Waals surface area contributed by atoms with Gasteiger partial charge in [0.15, 0.2) is 6.10 Å². The van der Waals surface area contributed by atoms with Gasteiger partial charge in [-0.05, 0) is 49.9 Å². The molecule has 0 bridgehead atoms. The second-order valence-corrected chi connectivity index (χ2v) is 7.05. The molecule has 140 valence electrons. The van der Waals surface area contributed by atoms with Crippen LogP contribution in [0.3, 0.4) is 0 Å². The van der Waals surface area contributed by atoms with Gasteiger partial charge in [0.25, 0.3) is 5.91 Å². The Bertz CT molecular complexity index is 554. The lowest BCUT2D eigenvalue weighted by Crippen LogP contribution is -2.40. The van der Waals surface area contributed by atoms with E-state index in [1.807, 2.05) is 19.9 Å². The molecule has 5 heteroatoms. The number of morpholine rings is 1. The second kappa shape index (κ2) is 9.78. The van der Waals surface area contributed by atoms with Gasteiger partial charge in [0, 0.05) is 19.6 Å². The Morgan fingerprint density at radius 1 is 1.28 bits per heavy atom. The maximum Gasteiger partial charge on any atom is 0.260 e. The van der Waals surface area contributed by atoms with Crippen LogP contribution in [0.4, 0.5) is 0 Å². The summed E-state index contributed by atoms with van der Waals surface area (Å²) in [5.41, 5.74) is 2.27. The van der Waals surface area contributed by atoms with Gasteiger partial charge in [-0.1, -0.05) is 26.0 Å². The molecule has 0 unspecified atom stereocenters. The van der Waals surface area contributed by atoms with E-state index in [1.165, 1.54) is 0 Å². The highest BCUT2D eigenvalue weighted by molar-refractivity contribution is 5.80. The van der Waals surface area contributed by atoms with Gasteiger partial charge >= 0.3 is 0 Å². The number of hydrogen-bond donors (Lipinski definition) is 1. The molecule has 0 spiro atoms. The summed E-state index contributed by atoms with van der Waals surface area (Å²) >= 11 is 0. The Morgan fingerprint density at radius 3 is 2.68 bits per heavy atom. The minimum Gasteiger partial charge on any atom is -0.481 e. The summed E-state index contributed by atoms with van der Waals surface area (Å²) < 4.78 is 11.3. The molecule has 0 aliphatic carbocycles. The molecule has 1 aliphatic heterocycles. The summed E-state index contributed by atoms with van der Waals surface area (Å²) in [6, 6.07) is 6.18. The normalized spacial score (nSPS) is 16.7. The molecule has 1 amide bonds. The molecule has 1 aromatic rings. The number of amides is 1. The van der Waals surface area contributed by atoms with Crippen molar-refractivity contribution in [3.05, 3.63) is 29.3 Å². The fourth-order valence-electron chi connectivity index (χ4n) is 2.95. The number of aryl methyl sites for hydroxylation is 1. The van der Waals surface area contributed by atoms with Gasteiger partial charge in [0.2, 0.25) is 0 Å². The molecule has 5 nitrogen and oxygen atoms in total. The molecule has 1 fully saturated rings. The van der Waals surface area contributed by atoms with Gasteiger partial charge in [-0.2, -0.15) is 0 Å². The Balaban J connectivity index is 1.77. The van der Waals surface area contributed by atoms with E-state index in [0.29, 0.717) is 12.5 Å².